The highest BCUT2D eigenvalue weighted by molar-refractivity contribution is 7.54. The van der Waals surface area contributed by atoms with E-state index in [2.05, 4.69) is 6.58 Å². The minimum absolute atomic E-state index is 0.139. The molecule has 0 saturated heterocycles. The first-order valence-electron chi connectivity index (χ1n) is 5.61. The largest absolute Gasteiger partial charge is 0.480 e. The van der Waals surface area contributed by atoms with Gasteiger partial charge in [0.2, 0.25) is 0 Å². The maximum Gasteiger partial charge on any atom is 0.343 e. The van der Waals surface area contributed by atoms with E-state index in [1.54, 1.807) is 13.8 Å². The summed E-state index contributed by atoms with van der Waals surface area (Å²) in [6.07, 6.45) is 1.88. The summed E-state index contributed by atoms with van der Waals surface area (Å²) >= 11 is 0. The maximum atomic E-state index is 11.7. The van der Waals surface area contributed by atoms with Crippen LogP contribution >= 0.6 is 7.60 Å². The van der Waals surface area contributed by atoms with Crippen LogP contribution in [0.5, 0.6) is 0 Å². The molecular weight excluding hydrogens is 243 g/mol. The molecule has 0 bridgehead atoms. The van der Waals surface area contributed by atoms with E-state index in [0.29, 0.717) is 12.8 Å². The molecule has 0 amide bonds. The average Bonchev–Trinajstić information content (AvgIpc) is 2.23. The van der Waals surface area contributed by atoms with Crippen LogP contribution in [0.3, 0.4) is 0 Å². The van der Waals surface area contributed by atoms with Gasteiger partial charge in [-0.3, -0.25) is 9.36 Å². The fraction of sp³-hybridized carbons (Fsp3) is 0.727. The molecule has 0 aromatic carbocycles. The molecule has 0 heterocycles. The molecule has 0 aromatic heterocycles. The van der Waals surface area contributed by atoms with Gasteiger partial charge in [-0.2, -0.15) is 0 Å². The number of carbonyl (C=O) groups is 1. The summed E-state index contributed by atoms with van der Waals surface area (Å²) in [5, 5.41) is 7.26. The first-order chi connectivity index (χ1) is 7.69. The number of allylic oxidation sites excluding steroid dienone is 1. The van der Waals surface area contributed by atoms with E-state index in [4.69, 9.17) is 0 Å². The lowest BCUT2D eigenvalue weighted by atomic mass is 9.69. The molecule has 0 aliphatic rings. The number of carboxylic acid groups (broad SMARTS) is 1. The van der Waals surface area contributed by atoms with Gasteiger partial charge < -0.3 is 14.9 Å². The van der Waals surface area contributed by atoms with E-state index >= 15 is 0 Å². The molecule has 0 fully saturated rings. The van der Waals surface area contributed by atoms with Crippen molar-refractivity contribution in [1.82, 2.24) is 0 Å². The first-order valence-corrected chi connectivity index (χ1v) is 7.23. The van der Waals surface area contributed by atoms with Crippen LogP contribution in [0.25, 0.3) is 0 Å². The highest BCUT2D eigenvalue weighted by Gasteiger charge is 2.63. The zero-order chi connectivity index (χ0) is 13.9. The molecule has 17 heavy (non-hydrogen) atoms. The fourth-order valence-corrected chi connectivity index (χ4v) is 4.28. The summed E-state index contributed by atoms with van der Waals surface area (Å²) in [4.78, 5) is 30.5. The van der Waals surface area contributed by atoms with Gasteiger partial charge >= 0.3 is 13.6 Å². The van der Waals surface area contributed by atoms with E-state index in [-0.39, 0.29) is 6.42 Å². The molecule has 3 N–H and O–H groups in total. The topological polar surface area (TPSA) is 94.8 Å². The second kappa shape index (κ2) is 5.34. The second-order valence-corrected chi connectivity index (χ2v) is 5.98. The zero-order valence-electron chi connectivity index (χ0n) is 10.5. The van der Waals surface area contributed by atoms with Crippen LogP contribution in [0.4, 0.5) is 0 Å². The van der Waals surface area contributed by atoms with Gasteiger partial charge in [-0.1, -0.05) is 26.8 Å². The highest BCUT2D eigenvalue weighted by atomic mass is 31.2. The van der Waals surface area contributed by atoms with E-state index in [1.807, 2.05) is 0 Å². The molecular formula is C11H21O5P. The Balaban J connectivity index is 6.20. The van der Waals surface area contributed by atoms with Gasteiger partial charge in [-0.15, -0.1) is 6.58 Å². The molecule has 0 aromatic rings. The Bertz CT molecular complexity index is 342. The Labute approximate surface area is 102 Å². The van der Waals surface area contributed by atoms with Gasteiger partial charge in [0.25, 0.3) is 0 Å². The molecule has 0 rings (SSSR count). The van der Waals surface area contributed by atoms with Crippen LogP contribution in [0.1, 0.15) is 40.0 Å². The monoisotopic (exact) mass is 264 g/mol. The number of carboxylic acids is 1. The third-order valence-electron chi connectivity index (χ3n) is 3.84. The van der Waals surface area contributed by atoms with Crippen molar-refractivity contribution in [2.45, 2.75) is 45.2 Å². The van der Waals surface area contributed by atoms with Gasteiger partial charge in [0.05, 0.1) is 0 Å². The molecule has 1 atom stereocenters. The van der Waals surface area contributed by atoms with Crippen LogP contribution in [0, 0.1) is 5.41 Å². The van der Waals surface area contributed by atoms with Crippen LogP contribution < -0.4 is 0 Å². The lowest BCUT2D eigenvalue weighted by Gasteiger charge is -2.44. The van der Waals surface area contributed by atoms with Crippen LogP contribution in [-0.2, 0) is 9.36 Å². The average molecular weight is 264 g/mol. The van der Waals surface area contributed by atoms with Crippen molar-refractivity contribution in [2.75, 3.05) is 0 Å². The van der Waals surface area contributed by atoms with Crippen LogP contribution in [0.2, 0.25) is 0 Å². The molecule has 1 unspecified atom stereocenters. The van der Waals surface area contributed by atoms with E-state index in [0.717, 1.165) is 0 Å². The summed E-state index contributed by atoms with van der Waals surface area (Å²) in [6.45, 7) is 8.49. The predicted molar refractivity (Wildman–Crippen MR) is 65.9 cm³/mol. The summed E-state index contributed by atoms with van der Waals surface area (Å²) in [6, 6.07) is 0. The molecule has 5 nitrogen and oxygen atoms in total. The number of rotatable bonds is 7. The second-order valence-electron chi connectivity index (χ2n) is 4.13. The molecule has 0 spiro atoms. The highest BCUT2D eigenvalue weighted by Crippen LogP contribution is 2.63. The smallest absolute Gasteiger partial charge is 0.343 e. The Hall–Kier alpha value is -0.640. The Morgan fingerprint density at radius 1 is 1.24 bits per heavy atom. The third-order valence-corrected chi connectivity index (χ3v) is 5.79. The third kappa shape index (κ3) is 2.19. The minimum Gasteiger partial charge on any atom is -0.480 e. The van der Waals surface area contributed by atoms with Crippen LogP contribution in [-0.4, -0.2) is 26.0 Å². The molecule has 6 heteroatoms. The quantitative estimate of drug-likeness (QED) is 0.484. The number of hydrogen-bond acceptors (Lipinski definition) is 2. The first kappa shape index (κ1) is 16.4. The van der Waals surface area contributed by atoms with Crippen molar-refractivity contribution in [2.24, 2.45) is 5.41 Å². The van der Waals surface area contributed by atoms with E-state index < -0.39 is 24.1 Å². The van der Waals surface area contributed by atoms with Gasteiger partial charge in [-0.05, 0) is 19.3 Å². The van der Waals surface area contributed by atoms with Crippen molar-refractivity contribution in [3.63, 3.8) is 0 Å². The van der Waals surface area contributed by atoms with Crippen molar-refractivity contribution >= 4 is 13.6 Å². The van der Waals surface area contributed by atoms with Crippen molar-refractivity contribution < 1.29 is 24.3 Å². The van der Waals surface area contributed by atoms with Crippen LogP contribution in [0.15, 0.2) is 12.7 Å². The zero-order valence-corrected chi connectivity index (χ0v) is 11.4. The van der Waals surface area contributed by atoms with Gasteiger partial charge in [0, 0.05) is 5.41 Å². The lowest BCUT2D eigenvalue weighted by Crippen LogP contribution is -2.52. The Morgan fingerprint density at radius 3 is 1.71 bits per heavy atom. The summed E-state index contributed by atoms with van der Waals surface area (Å²) in [5.74, 6) is -1.46. The van der Waals surface area contributed by atoms with Crippen molar-refractivity contribution in [3.05, 3.63) is 12.7 Å². The number of aliphatic carboxylic acids is 1. The minimum atomic E-state index is -4.80. The normalized spacial score (nSPS) is 16.3. The predicted octanol–water partition coefficient (Wildman–Crippen LogP) is 2.39. The molecule has 0 aliphatic carbocycles. The van der Waals surface area contributed by atoms with Gasteiger partial charge in [0.1, 0.15) is 0 Å². The Kier molecular flexibility index (Phi) is 5.14. The molecule has 0 aliphatic heterocycles. The molecule has 100 valence electrons. The van der Waals surface area contributed by atoms with E-state index in [9.17, 15) is 24.3 Å². The summed E-state index contributed by atoms with van der Waals surface area (Å²) in [5.41, 5.74) is -1.10. The number of hydrogen-bond donors (Lipinski definition) is 3. The molecule has 0 radical (unpaired) electrons. The lowest BCUT2D eigenvalue weighted by molar-refractivity contribution is -0.144. The Morgan fingerprint density at radius 2 is 1.65 bits per heavy atom. The standard InChI is InChI=1S/C11H21O5P/c1-5-10(6-2,7-3)11(8-4,9(12)13)17(14,15)16/h5H,1,6-8H2,2-4H3,(H,12,13)(H2,14,15,16). The maximum absolute atomic E-state index is 11.7. The fourth-order valence-electron chi connectivity index (χ4n) is 2.63. The summed E-state index contributed by atoms with van der Waals surface area (Å²) in [7, 11) is -4.80. The summed E-state index contributed by atoms with van der Waals surface area (Å²) < 4.78 is 11.7. The SMILES string of the molecule is C=CC(CC)(CC)C(CC)(C(=O)O)P(=O)(O)O. The van der Waals surface area contributed by atoms with Crippen molar-refractivity contribution in [1.29, 1.82) is 0 Å². The van der Waals surface area contributed by atoms with Crippen molar-refractivity contribution in [3.8, 4) is 0 Å². The van der Waals surface area contributed by atoms with Gasteiger partial charge in [0.15, 0.2) is 5.16 Å². The van der Waals surface area contributed by atoms with Gasteiger partial charge in [-0.25, -0.2) is 0 Å². The molecule has 0 saturated carbocycles. The van der Waals surface area contributed by atoms with E-state index in [1.165, 1.54) is 13.0 Å².